The average molecular weight is 404 g/mol. The first kappa shape index (κ1) is 18.4. The molecule has 0 N–H and O–H groups in total. The molecule has 0 spiro atoms. The van der Waals surface area contributed by atoms with E-state index in [0.29, 0.717) is 23.1 Å². The number of esters is 1. The summed E-state index contributed by atoms with van der Waals surface area (Å²) >= 11 is 3.29. The first-order valence-electron chi connectivity index (χ1n) is 7.93. The van der Waals surface area contributed by atoms with Crippen LogP contribution in [0.15, 0.2) is 27.6 Å². The molecule has 0 saturated carbocycles. The minimum atomic E-state index is -3.55. The maximum Gasteiger partial charge on any atom is 0.338 e. The fourth-order valence-electron chi connectivity index (χ4n) is 2.65. The molecule has 0 unspecified atom stereocenters. The molecule has 0 bridgehead atoms. The van der Waals surface area contributed by atoms with Gasteiger partial charge in [-0.15, -0.1) is 0 Å². The number of hydrogen-bond acceptors (Lipinski definition) is 4. The van der Waals surface area contributed by atoms with Crippen LogP contribution < -0.4 is 0 Å². The predicted molar refractivity (Wildman–Crippen MR) is 91.9 cm³/mol. The van der Waals surface area contributed by atoms with Crippen molar-refractivity contribution < 1.29 is 17.9 Å². The first-order chi connectivity index (χ1) is 11.0. The summed E-state index contributed by atoms with van der Waals surface area (Å²) in [5, 5.41) is 0. The minimum absolute atomic E-state index is 0.200. The van der Waals surface area contributed by atoms with Crippen molar-refractivity contribution in [3.63, 3.8) is 0 Å². The van der Waals surface area contributed by atoms with Crippen LogP contribution in [-0.2, 0) is 14.8 Å². The summed E-state index contributed by atoms with van der Waals surface area (Å²) in [6.45, 7) is 3.11. The number of sulfonamides is 1. The van der Waals surface area contributed by atoms with Gasteiger partial charge in [0.15, 0.2) is 0 Å². The summed E-state index contributed by atoms with van der Waals surface area (Å²) in [5.74, 6) is -0.455. The van der Waals surface area contributed by atoms with Gasteiger partial charge in [0.05, 0.1) is 17.1 Å². The zero-order valence-corrected chi connectivity index (χ0v) is 15.7. The van der Waals surface area contributed by atoms with Gasteiger partial charge in [-0.3, -0.25) is 0 Å². The summed E-state index contributed by atoms with van der Waals surface area (Å²) in [5.41, 5.74) is 0.338. The number of ether oxygens (including phenoxy) is 1. The first-order valence-corrected chi connectivity index (χ1v) is 10.2. The molecule has 1 saturated heterocycles. The summed E-state index contributed by atoms with van der Waals surface area (Å²) in [4.78, 5) is 11.9. The molecule has 1 aliphatic heterocycles. The summed E-state index contributed by atoms with van der Waals surface area (Å²) in [6, 6.07) is 4.49. The van der Waals surface area contributed by atoms with Gasteiger partial charge in [0.1, 0.15) is 0 Å². The fourth-order valence-corrected chi connectivity index (χ4v) is 5.20. The van der Waals surface area contributed by atoms with E-state index < -0.39 is 16.0 Å². The molecule has 2 rings (SSSR count). The molecule has 0 aliphatic carbocycles. The van der Waals surface area contributed by atoms with E-state index in [0.717, 1.165) is 25.7 Å². The van der Waals surface area contributed by atoms with Crippen molar-refractivity contribution in [2.45, 2.75) is 43.9 Å². The van der Waals surface area contributed by atoms with Crippen molar-refractivity contribution in [2.75, 3.05) is 19.7 Å². The minimum Gasteiger partial charge on any atom is -0.462 e. The third-order valence-corrected chi connectivity index (χ3v) is 6.75. The Kier molecular flexibility index (Phi) is 6.61. The zero-order valence-electron chi connectivity index (χ0n) is 13.3. The number of nitrogens with zero attached hydrogens (tertiary/aromatic N) is 1. The van der Waals surface area contributed by atoms with E-state index in [4.69, 9.17) is 4.74 Å². The van der Waals surface area contributed by atoms with E-state index in [1.807, 2.05) is 0 Å². The van der Waals surface area contributed by atoms with Crippen LogP contribution in [0.1, 0.15) is 49.4 Å². The van der Waals surface area contributed by atoms with Gasteiger partial charge in [0.2, 0.25) is 10.0 Å². The molecule has 1 aromatic rings. The highest BCUT2D eigenvalue weighted by Crippen LogP contribution is 2.28. The van der Waals surface area contributed by atoms with Crippen LogP contribution in [-0.4, -0.2) is 38.4 Å². The third kappa shape index (κ3) is 4.55. The van der Waals surface area contributed by atoms with E-state index in [9.17, 15) is 13.2 Å². The fraction of sp³-hybridized carbons (Fsp3) is 0.562. The van der Waals surface area contributed by atoms with Crippen molar-refractivity contribution >= 4 is 31.9 Å². The van der Waals surface area contributed by atoms with Crippen LogP contribution in [0.25, 0.3) is 0 Å². The van der Waals surface area contributed by atoms with Gasteiger partial charge in [-0.25, -0.2) is 13.2 Å². The lowest BCUT2D eigenvalue weighted by Crippen LogP contribution is -2.34. The smallest absolute Gasteiger partial charge is 0.338 e. The quantitative estimate of drug-likeness (QED) is 0.720. The van der Waals surface area contributed by atoms with Gasteiger partial charge in [-0.2, -0.15) is 4.31 Å². The monoisotopic (exact) mass is 403 g/mol. The molecule has 0 aromatic heterocycles. The van der Waals surface area contributed by atoms with Crippen molar-refractivity contribution in [3.8, 4) is 0 Å². The molecule has 7 heteroatoms. The second-order valence-electron chi connectivity index (χ2n) is 5.54. The van der Waals surface area contributed by atoms with E-state index in [1.54, 1.807) is 11.2 Å². The summed E-state index contributed by atoms with van der Waals surface area (Å²) < 4.78 is 32.6. The number of hydrogen-bond donors (Lipinski definition) is 0. The lowest BCUT2D eigenvalue weighted by Gasteiger charge is -2.24. The standard InChI is InChI=1S/C16H22BrNO4S/c1-2-22-16(19)13-8-9-15(14(17)12-13)23(20,21)18-10-6-4-3-5-7-11-18/h8-9,12H,2-7,10-11H2,1H3. The van der Waals surface area contributed by atoms with Gasteiger partial charge < -0.3 is 4.74 Å². The van der Waals surface area contributed by atoms with Gasteiger partial charge in [-0.05, 0) is 53.9 Å². The highest BCUT2D eigenvalue weighted by atomic mass is 79.9. The molecule has 0 radical (unpaired) electrons. The van der Waals surface area contributed by atoms with Crippen molar-refractivity contribution in [3.05, 3.63) is 28.2 Å². The average Bonchev–Trinajstić information content (AvgIpc) is 2.46. The van der Waals surface area contributed by atoms with E-state index in [-0.39, 0.29) is 11.5 Å². The largest absolute Gasteiger partial charge is 0.462 e. The van der Waals surface area contributed by atoms with Crippen LogP contribution in [0.4, 0.5) is 0 Å². The Morgan fingerprint density at radius 3 is 2.35 bits per heavy atom. The van der Waals surface area contributed by atoms with Crippen LogP contribution in [0, 0.1) is 0 Å². The van der Waals surface area contributed by atoms with Crippen LogP contribution in [0.3, 0.4) is 0 Å². The molecule has 5 nitrogen and oxygen atoms in total. The Balaban J connectivity index is 2.26. The van der Waals surface area contributed by atoms with Crippen molar-refractivity contribution in [1.29, 1.82) is 0 Å². The molecule has 1 aliphatic rings. The highest BCUT2D eigenvalue weighted by molar-refractivity contribution is 9.10. The second kappa shape index (κ2) is 8.26. The highest BCUT2D eigenvalue weighted by Gasteiger charge is 2.27. The Labute approximate surface area is 146 Å². The van der Waals surface area contributed by atoms with E-state index >= 15 is 0 Å². The molecule has 0 atom stereocenters. The Bertz CT molecular complexity index is 652. The molecule has 0 amide bonds. The number of carbonyl (C=O) groups excluding carboxylic acids is 1. The molecule has 1 fully saturated rings. The molecule has 1 heterocycles. The SMILES string of the molecule is CCOC(=O)c1ccc(S(=O)(=O)N2CCCCCCC2)c(Br)c1. The molecule has 1 aromatic carbocycles. The van der Waals surface area contributed by atoms with Crippen LogP contribution in [0.5, 0.6) is 0 Å². The third-order valence-electron chi connectivity index (χ3n) is 3.88. The normalized spacial score (nSPS) is 17.3. The Hall–Kier alpha value is -0.920. The van der Waals surface area contributed by atoms with Crippen molar-refractivity contribution in [2.24, 2.45) is 0 Å². The summed E-state index contributed by atoms with van der Waals surface area (Å²) in [7, 11) is -3.55. The Morgan fingerprint density at radius 1 is 1.17 bits per heavy atom. The van der Waals surface area contributed by atoms with Gasteiger partial charge >= 0.3 is 5.97 Å². The second-order valence-corrected chi connectivity index (χ2v) is 8.30. The lowest BCUT2D eigenvalue weighted by molar-refractivity contribution is 0.0526. The Morgan fingerprint density at radius 2 is 1.78 bits per heavy atom. The lowest BCUT2D eigenvalue weighted by atomic mass is 10.1. The van der Waals surface area contributed by atoms with Crippen LogP contribution >= 0.6 is 15.9 Å². The van der Waals surface area contributed by atoms with Gasteiger partial charge in [0.25, 0.3) is 0 Å². The number of rotatable bonds is 4. The molecular formula is C16H22BrNO4S. The maximum absolute atomic E-state index is 12.9. The van der Waals surface area contributed by atoms with Crippen molar-refractivity contribution in [1.82, 2.24) is 4.31 Å². The number of halogens is 1. The van der Waals surface area contributed by atoms with Gasteiger partial charge in [0, 0.05) is 17.6 Å². The zero-order chi connectivity index (χ0) is 16.9. The maximum atomic E-state index is 12.9. The number of carbonyl (C=O) groups is 1. The molecular weight excluding hydrogens is 382 g/mol. The van der Waals surface area contributed by atoms with Crippen LogP contribution in [0.2, 0.25) is 0 Å². The van der Waals surface area contributed by atoms with E-state index in [1.165, 1.54) is 24.6 Å². The molecule has 128 valence electrons. The molecule has 23 heavy (non-hydrogen) atoms. The van der Waals surface area contributed by atoms with Gasteiger partial charge in [-0.1, -0.05) is 19.3 Å². The predicted octanol–water partition coefficient (Wildman–Crippen LogP) is 3.58. The topological polar surface area (TPSA) is 63.7 Å². The number of benzene rings is 1. The summed E-state index contributed by atoms with van der Waals surface area (Å²) in [6.07, 6.45) is 5.07. The van der Waals surface area contributed by atoms with E-state index in [2.05, 4.69) is 15.9 Å².